The minimum Gasteiger partial charge on any atom is -0.463 e. The molecule has 0 aliphatic carbocycles. The molecule has 128 valence electrons. The van der Waals surface area contributed by atoms with Gasteiger partial charge < -0.3 is 20.1 Å². The summed E-state index contributed by atoms with van der Waals surface area (Å²) >= 11 is 5.76. The number of hydrogen-bond donors (Lipinski definition) is 2. The molecule has 1 atom stereocenters. The molecule has 6 nitrogen and oxygen atoms in total. The highest BCUT2D eigenvalue weighted by atomic mass is 35.5. The van der Waals surface area contributed by atoms with Crippen molar-refractivity contribution in [2.75, 3.05) is 31.6 Å². The van der Waals surface area contributed by atoms with Crippen molar-refractivity contribution in [3.05, 3.63) is 41.3 Å². The second-order valence-corrected chi connectivity index (χ2v) is 5.72. The van der Waals surface area contributed by atoms with Crippen LogP contribution in [0, 0.1) is 5.82 Å². The van der Waals surface area contributed by atoms with Gasteiger partial charge in [-0.15, -0.1) is 0 Å². The van der Waals surface area contributed by atoms with E-state index in [4.69, 9.17) is 21.1 Å². The van der Waals surface area contributed by atoms with Crippen LogP contribution in [-0.2, 0) is 4.74 Å². The molecule has 0 saturated carbocycles. The van der Waals surface area contributed by atoms with Crippen molar-refractivity contribution in [3.8, 4) is 6.01 Å². The van der Waals surface area contributed by atoms with Crippen molar-refractivity contribution >= 4 is 23.1 Å². The zero-order chi connectivity index (χ0) is 16.8. The first-order valence-electron chi connectivity index (χ1n) is 7.71. The second-order valence-electron chi connectivity index (χ2n) is 5.31. The van der Waals surface area contributed by atoms with Crippen molar-refractivity contribution < 1.29 is 13.9 Å². The summed E-state index contributed by atoms with van der Waals surface area (Å²) in [4.78, 5) is 8.34. The number of rotatable bonds is 6. The molecule has 3 rings (SSSR count). The van der Waals surface area contributed by atoms with Crippen molar-refractivity contribution in [2.24, 2.45) is 0 Å². The van der Waals surface area contributed by atoms with Gasteiger partial charge in [-0.3, -0.25) is 0 Å². The van der Waals surface area contributed by atoms with Crippen molar-refractivity contribution in [1.82, 2.24) is 15.3 Å². The van der Waals surface area contributed by atoms with Gasteiger partial charge in [0.15, 0.2) is 0 Å². The van der Waals surface area contributed by atoms with Gasteiger partial charge in [-0.1, -0.05) is 11.6 Å². The fourth-order valence-electron chi connectivity index (χ4n) is 2.29. The molecule has 0 bridgehead atoms. The third-order valence-corrected chi connectivity index (χ3v) is 3.79. The lowest BCUT2D eigenvalue weighted by molar-refractivity contribution is 0.0152. The summed E-state index contributed by atoms with van der Waals surface area (Å²) in [6.45, 7) is 2.91. The lowest BCUT2D eigenvalue weighted by Gasteiger charge is -2.23. The molecule has 0 radical (unpaired) electrons. The van der Waals surface area contributed by atoms with Crippen LogP contribution in [0.25, 0.3) is 0 Å². The zero-order valence-corrected chi connectivity index (χ0v) is 13.7. The maximum Gasteiger partial charge on any atom is 0.318 e. The van der Waals surface area contributed by atoms with Gasteiger partial charge in [-0.25, -0.2) is 9.37 Å². The van der Waals surface area contributed by atoms with Crippen LogP contribution in [-0.4, -0.2) is 42.4 Å². The summed E-state index contributed by atoms with van der Waals surface area (Å²) in [5, 5.41) is 6.35. The largest absolute Gasteiger partial charge is 0.463 e. The molecule has 1 aromatic heterocycles. The van der Waals surface area contributed by atoms with Crippen LogP contribution >= 0.6 is 11.6 Å². The van der Waals surface area contributed by atoms with Gasteiger partial charge in [-0.2, -0.15) is 4.98 Å². The van der Waals surface area contributed by atoms with Crippen LogP contribution in [0.2, 0.25) is 5.02 Å². The normalized spacial score (nSPS) is 17.5. The van der Waals surface area contributed by atoms with Crippen molar-refractivity contribution in [1.29, 1.82) is 0 Å². The Bertz CT molecular complexity index is 683. The quantitative estimate of drug-likeness (QED) is 0.833. The van der Waals surface area contributed by atoms with Crippen LogP contribution in [0.1, 0.15) is 6.42 Å². The summed E-state index contributed by atoms with van der Waals surface area (Å²) in [6, 6.07) is 6.33. The number of aromatic nitrogens is 2. The fraction of sp³-hybridized carbons (Fsp3) is 0.375. The third kappa shape index (κ3) is 4.77. The van der Waals surface area contributed by atoms with E-state index in [1.165, 1.54) is 12.1 Å². The lowest BCUT2D eigenvalue weighted by Crippen LogP contribution is -2.39. The van der Waals surface area contributed by atoms with Crippen LogP contribution in [0.4, 0.5) is 15.9 Å². The van der Waals surface area contributed by atoms with Crippen LogP contribution in [0.3, 0.4) is 0 Å². The van der Waals surface area contributed by atoms with Crippen LogP contribution in [0.5, 0.6) is 6.01 Å². The summed E-state index contributed by atoms with van der Waals surface area (Å²) in [6.07, 6.45) is 2.51. The van der Waals surface area contributed by atoms with Crippen LogP contribution < -0.4 is 15.4 Å². The number of ether oxygens (including phenoxy) is 2. The van der Waals surface area contributed by atoms with Gasteiger partial charge in [0, 0.05) is 31.4 Å². The maximum absolute atomic E-state index is 13.2. The third-order valence-electron chi connectivity index (χ3n) is 3.50. The van der Waals surface area contributed by atoms with E-state index in [1.807, 2.05) is 0 Å². The molecule has 1 aromatic carbocycles. The molecule has 8 heteroatoms. The number of halogens is 2. The van der Waals surface area contributed by atoms with Gasteiger partial charge in [0.05, 0.1) is 24.3 Å². The summed E-state index contributed by atoms with van der Waals surface area (Å²) in [5.41, 5.74) is 0.632. The zero-order valence-electron chi connectivity index (χ0n) is 13.0. The molecule has 0 amide bonds. The van der Waals surface area contributed by atoms with E-state index in [9.17, 15) is 4.39 Å². The molecule has 0 spiro atoms. The van der Waals surface area contributed by atoms with Crippen LogP contribution in [0.15, 0.2) is 30.5 Å². The Balaban J connectivity index is 1.54. The summed E-state index contributed by atoms with van der Waals surface area (Å²) in [7, 11) is 0. The Kier molecular flexibility index (Phi) is 5.79. The van der Waals surface area contributed by atoms with Gasteiger partial charge in [-0.05, 0) is 24.3 Å². The molecular weight excluding hydrogens is 335 g/mol. The fourth-order valence-corrected chi connectivity index (χ4v) is 2.47. The average Bonchev–Trinajstić information content (AvgIpc) is 2.60. The highest BCUT2D eigenvalue weighted by Crippen LogP contribution is 2.22. The minimum atomic E-state index is -0.464. The first-order valence-corrected chi connectivity index (χ1v) is 8.09. The predicted molar refractivity (Wildman–Crippen MR) is 89.4 cm³/mol. The van der Waals surface area contributed by atoms with Gasteiger partial charge in [0.25, 0.3) is 0 Å². The van der Waals surface area contributed by atoms with Gasteiger partial charge in [0.2, 0.25) is 0 Å². The highest BCUT2D eigenvalue weighted by molar-refractivity contribution is 6.31. The van der Waals surface area contributed by atoms with E-state index >= 15 is 0 Å². The smallest absolute Gasteiger partial charge is 0.318 e. The topological polar surface area (TPSA) is 68.3 Å². The SMILES string of the molecule is Fc1ccc(Nc2ccnc(OCCC3CNCCO3)n2)cc1Cl. The lowest BCUT2D eigenvalue weighted by atomic mass is 10.2. The number of hydrogen-bond acceptors (Lipinski definition) is 6. The van der Waals surface area contributed by atoms with E-state index in [0.29, 0.717) is 18.1 Å². The van der Waals surface area contributed by atoms with E-state index in [2.05, 4.69) is 20.6 Å². The van der Waals surface area contributed by atoms with E-state index in [1.54, 1.807) is 18.3 Å². The standard InChI is InChI=1S/C16H18ClFN4O2/c17-13-9-11(1-2-14(13)18)21-15-3-5-20-16(22-15)24-7-4-12-10-19-6-8-23-12/h1-3,5,9,12,19H,4,6-8,10H2,(H,20,21,22). The monoisotopic (exact) mass is 352 g/mol. The molecule has 2 aromatic rings. The summed E-state index contributed by atoms with van der Waals surface area (Å²) in [5.74, 6) is 0.0756. The molecule has 2 heterocycles. The van der Waals surface area contributed by atoms with Crippen molar-refractivity contribution in [3.63, 3.8) is 0 Å². The van der Waals surface area contributed by atoms with E-state index in [-0.39, 0.29) is 17.1 Å². The van der Waals surface area contributed by atoms with E-state index < -0.39 is 5.82 Å². The summed E-state index contributed by atoms with van der Waals surface area (Å²) < 4.78 is 24.3. The minimum absolute atomic E-state index is 0.0478. The number of benzene rings is 1. The second kappa shape index (κ2) is 8.23. The Morgan fingerprint density at radius 2 is 2.33 bits per heavy atom. The first-order chi connectivity index (χ1) is 11.7. The number of morpholine rings is 1. The molecule has 1 aliphatic heterocycles. The predicted octanol–water partition coefficient (Wildman–Crippen LogP) is 2.77. The Labute approximate surface area is 144 Å². The number of nitrogens with one attached hydrogen (secondary N) is 2. The average molecular weight is 353 g/mol. The molecule has 1 aliphatic rings. The van der Waals surface area contributed by atoms with Gasteiger partial charge in [0.1, 0.15) is 11.6 Å². The Hall–Kier alpha value is -1.96. The Morgan fingerprint density at radius 1 is 1.42 bits per heavy atom. The molecule has 1 unspecified atom stereocenters. The number of anilines is 2. The van der Waals surface area contributed by atoms with Crippen molar-refractivity contribution in [2.45, 2.75) is 12.5 Å². The van der Waals surface area contributed by atoms with E-state index in [0.717, 1.165) is 26.1 Å². The number of nitrogens with zero attached hydrogens (tertiary/aromatic N) is 2. The maximum atomic E-state index is 13.2. The first kappa shape index (κ1) is 16.9. The molecule has 2 N–H and O–H groups in total. The highest BCUT2D eigenvalue weighted by Gasteiger charge is 2.13. The molecule has 24 heavy (non-hydrogen) atoms. The molecular formula is C16H18ClFN4O2. The van der Waals surface area contributed by atoms with Gasteiger partial charge >= 0.3 is 6.01 Å². The molecule has 1 fully saturated rings. The molecule has 1 saturated heterocycles. The Morgan fingerprint density at radius 3 is 3.12 bits per heavy atom.